The maximum atomic E-state index is 9.84. The third-order valence-electron chi connectivity index (χ3n) is 3.73. The fourth-order valence-electron chi connectivity index (χ4n) is 2.95. The van der Waals surface area contributed by atoms with Gasteiger partial charge in [-0.05, 0) is 44.0 Å². The molecule has 86 valence electrons. The van der Waals surface area contributed by atoms with Gasteiger partial charge in [0.2, 0.25) is 0 Å². The average molecular weight is 218 g/mol. The first-order chi connectivity index (χ1) is 7.86. The summed E-state index contributed by atoms with van der Waals surface area (Å²) in [5, 5.41) is 13.1. The number of aromatic hydroxyl groups is 1. The molecule has 16 heavy (non-hydrogen) atoms. The Morgan fingerprint density at radius 1 is 1.25 bits per heavy atom. The van der Waals surface area contributed by atoms with Crippen molar-refractivity contribution in [1.82, 2.24) is 4.90 Å². The number of likely N-dealkylation sites (tertiary alicyclic amines) is 1. The van der Waals surface area contributed by atoms with Gasteiger partial charge in [0.05, 0.1) is 5.69 Å². The third kappa shape index (κ3) is 1.55. The zero-order valence-electron chi connectivity index (χ0n) is 9.45. The van der Waals surface area contributed by atoms with Crippen LogP contribution in [0.1, 0.15) is 30.9 Å². The molecule has 3 rings (SSSR count). The summed E-state index contributed by atoms with van der Waals surface area (Å²) in [7, 11) is 0. The second-order valence-electron chi connectivity index (χ2n) is 4.72. The van der Waals surface area contributed by atoms with E-state index < -0.39 is 0 Å². The predicted molar refractivity (Wildman–Crippen MR) is 64.8 cm³/mol. The van der Waals surface area contributed by atoms with Gasteiger partial charge in [0.25, 0.3) is 0 Å². The lowest BCUT2D eigenvalue weighted by molar-refractivity contribution is 0.233. The molecule has 2 heterocycles. The van der Waals surface area contributed by atoms with E-state index in [0.717, 1.165) is 18.7 Å². The van der Waals surface area contributed by atoms with E-state index >= 15 is 0 Å². The van der Waals surface area contributed by atoms with Crippen molar-refractivity contribution in [3.05, 3.63) is 23.8 Å². The molecule has 3 nitrogen and oxygen atoms in total. The molecule has 0 bridgehead atoms. The van der Waals surface area contributed by atoms with Crippen molar-refractivity contribution < 1.29 is 5.11 Å². The van der Waals surface area contributed by atoms with Crippen LogP contribution in [0.4, 0.5) is 5.69 Å². The molecule has 1 atom stereocenters. The predicted octanol–water partition coefficient (Wildman–Crippen LogP) is 2.34. The van der Waals surface area contributed by atoms with Gasteiger partial charge in [0.1, 0.15) is 5.75 Å². The summed E-state index contributed by atoms with van der Waals surface area (Å²) in [5.74, 6) is 0.390. The van der Waals surface area contributed by atoms with Crippen LogP contribution in [-0.2, 0) is 0 Å². The minimum absolute atomic E-state index is 0.390. The highest BCUT2D eigenvalue weighted by Crippen LogP contribution is 2.40. The van der Waals surface area contributed by atoms with Crippen molar-refractivity contribution in [1.29, 1.82) is 0 Å². The quantitative estimate of drug-likeness (QED) is 0.710. The van der Waals surface area contributed by atoms with Gasteiger partial charge in [-0.25, -0.2) is 0 Å². The summed E-state index contributed by atoms with van der Waals surface area (Å²) in [5.41, 5.74) is 2.22. The Labute approximate surface area is 96.1 Å². The van der Waals surface area contributed by atoms with Gasteiger partial charge in [-0.2, -0.15) is 0 Å². The SMILES string of the molecule is Oc1cccc2c1NCCC2N1CCCC1. The number of phenolic OH excluding ortho intramolecular Hbond substituents is 1. The number of hydrogen-bond acceptors (Lipinski definition) is 3. The molecule has 1 aromatic rings. The Morgan fingerprint density at radius 2 is 2.06 bits per heavy atom. The fraction of sp³-hybridized carbons (Fsp3) is 0.538. The van der Waals surface area contributed by atoms with Crippen molar-refractivity contribution in [2.45, 2.75) is 25.3 Å². The molecule has 0 amide bonds. The van der Waals surface area contributed by atoms with Crippen molar-refractivity contribution in [3.8, 4) is 5.75 Å². The normalized spacial score (nSPS) is 25.1. The zero-order valence-corrected chi connectivity index (χ0v) is 9.45. The number of nitrogens with zero attached hydrogens (tertiary/aromatic N) is 1. The summed E-state index contributed by atoms with van der Waals surface area (Å²) in [6.07, 6.45) is 3.78. The van der Waals surface area contributed by atoms with E-state index in [2.05, 4.69) is 16.3 Å². The van der Waals surface area contributed by atoms with Crippen molar-refractivity contribution >= 4 is 5.69 Å². The maximum absolute atomic E-state index is 9.84. The molecule has 3 heteroatoms. The number of rotatable bonds is 1. The number of phenols is 1. The van der Waals surface area contributed by atoms with E-state index in [4.69, 9.17) is 0 Å². The molecular weight excluding hydrogens is 200 g/mol. The Balaban J connectivity index is 1.96. The fourth-order valence-corrected chi connectivity index (χ4v) is 2.95. The van der Waals surface area contributed by atoms with Gasteiger partial charge in [0.15, 0.2) is 0 Å². The molecule has 0 spiro atoms. The van der Waals surface area contributed by atoms with E-state index in [-0.39, 0.29) is 0 Å². The second-order valence-corrected chi connectivity index (χ2v) is 4.72. The Morgan fingerprint density at radius 3 is 2.88 bits per heavy atom. The molecule has 0 saturated carbocycles. The highest BCUT2D eigenvalue weighted by atomic mass is 16.3. The van der Waals surface area contributed by atoms with Crippen LogP contribution >= 0.6 is 0 Å². The lowest BCUT2D eigenvalue weighted by atomic mass is 9.96. The largest absolute Gasteiger partial charge is 0.506 e. The highest BCUT2D eigenvalue weighted by molar-refractivity contribution is 5.63. The highest BCUT2D eigenvalue weighted by Gasteiger charge is 2.28. The third-order valence-corrected chi connectivity index (χ3v) is 3.73. The van der Waals surface area contributed by atoms with Crippen LogP contribution in [0, 0.1) is 0 Å². The first kappa shape index (κ1) is 9.97. The van der Waals surface area contributed by atoms with Gasteiger partial charge in [-0.3, -0.25) is 4.90 Å². The van der Waals surface area contributed by atoms with Gasteiger partial charge in [-0.1, -0.05) is 12.1 Å². The minimum Gasteiger partial charge on any atom is -0.506 e. The van der Waals surface area contributed by atoms with Gasteiger partial charge in [0, 0.05) is 12.6 Å². The van der Waals surface area contributed by atoms with E-state index in [9.17, 15) is 5.11 Å². The summed E-state index contributed by atoms with van der Waals surface area (Å²) in [6, 6.07) is 6.36. The van der Waals surface area contributed by atoms with E-state index in [1.54, 1.807) is 6.07 Å². The number of anilines is 1. The van der Waals surface area contributed by atoms with Crippen LogP contribution in [0.2, 0.25) is 0 Å². The number of para-hydroxylation sites is 1. The molecule has 1 aromatic carbocycles. The molecular formula is C13H18N2O. The van der Waals surface area contributed by atoms with Crippen LogP contribution in [0.5, 0.6) is 5.75 Å². The first-order valence-electron chi connectivity index (χ1n) is 6.16. The molecule has 1 unspecified atom stereocenters. The van der Waals surface area contributed by atoms with E-state index in [1.165, 1.54) is 31.5 Å². The van der Waals surface area contributed by atoms with Crippen LogP contribution in [0.3, 0.4) is 0 Å². The number of hydrogen-bond donors (Lipinski definition) is 2. The first-order valence-corrected chi connectivity index (χ1v) is 6.16. The lowest BCUT2D eigenvalue weighted by Crippen LogP contribution is -2.31. The number of nitrogens with one attached hydrogen (secondary N) is 1. The lowest BCUT2D eigenvalue weighted by Gasteiger charge is -2.33. The summed E-state index contributed by atoms with van der Waals surface area (Å²) >= 11 is 0. The molecule has 2 aliphatic rings. The molecule has 1 saturated heterocycles. The van der Waals surface area contributed by atoms with Gasteiger partial charge in [-0.15, -0.1) is 0 Å². The Kier molecular flexibility index (Phi) is 2.48. The minimum atomic E-state index is 0.390. The Bertz CT molecular complexity index is 386. The van der Waals surface area contributed by atoms with Crippen LogP contribution in [0.15, 0.2) is 18.2 Å². The zero-order chi connectivity index (χ0) is 11.0. The number of benzene rings is 1. The molecule has 2 aliphatic heterocycles. The van der Waals surface area contributed by atoms with Crippen LogP contribution < -0.4 is 5.32 Å². The van der Waals surface area contributed by atoms with Gasteiger partial charge >= 0.3 is 0 Å². The van der Waals surface area contributed by atoms with Crippen molar-refractivity contribution in [3.63, 3.8) is 0 Å². The molecule has 1 fully saturated rings. The van der Waals surface area contributed by atoms with E-state index in [1.807, 2.05) is 6.07 Å². The van der Waals surface area contributed by atoms with Crippen molar-refractivity contribution in [2.24, 2.45) is 0 Å². The molecule has 0 aliphatic carbocycles. The molecule has 0 aromatic heterocycles. The second kappa shape index (κ2) is 3.98. The molecule has 2 N–H and O–H groups in total. The van der Waals surface area contributed by atoms with Crippen LogP contribution in [0.25, 0.3) is 0 Å². The average Bonchev–Trinajstić information content (AvgIpc) is 2.82. The smallest absolute Gasteiger partial charge is 0.139 e. The monoisotopic (exact) mass is 218 g/mol. The molecule has 0 radical (unpaired) electrons. The van der Waals surface area contributed by atoms with E-state index in [0.29, 0.717) is 11.8 Å². The summed E-state index contributed by atoms with van der Waals surface area (Å²) < 4.78 is 0. The summed E-state index contributed by atoms with van der Waals surface area (Å²) in [6.45, 7) is 3.38. The maximum Gasteiger partial charge on any atom is 0.139 e. The number of fused-ring (bicyclic) bond motifs is 1. The Hall–Kier alpha value is -1.22. The summed E-state index contributed by atoms with van der Waals surface area (Å²) in [4.78, 5) is 2.55. The standard InChI is InChI=1S/C13H18N2O/c16-12-5-3-4-10-11(6-7-14-13(10)12)15-8-1-2-9-15/h3-5,11,14,16H,1-2,6-9H2. The van der Waals surface area contributed by atoms with Crippen LogP contribution in [-0.4, -0.2) is 29.6 Å². The van der Waals surface area contributed by atoms with Gasteiger partial charge < -0.3 is 10.4 Å². The topological polar surface area (TPSA) is 35.5 Å². The van der Waals surface area contributed by atoms with Crippen molar-refractivity contribution in [2.75, 3.05) is 25.0 Å².